The first-order chi connectivity index (χ1) is 12.3. The van der Waals surface area contributed by atoms with Gasteiger partial charge in [0.05, 0.1) is 22.5 Å². The van der Waals surface area contributed by atoms with E-state index in [1.165, 1.54) is 13.0 Å². The van der Waals surface area contributed by atoms with Crippen LogP contribution in [0.2, 0.25) is 0 Å². The molecule has 0 spiro atoms. The van der Waals surface area contributed by atoms with Gasteiger partial charge in [-0.15, -0.1) is 0 Å². The van der Waals surface area contributed by atoms with E-state index in [2.05, 4.69) is 15.0 Å². The Hall–Kier alpha value is -2.71. The first-order valence-corrected chi connectivity index (χ1v) is 9.54. The Labute approximate surface area is 152 Å². The highest BCUT2D eigenvalue weighted by Gasteiger charge is 2.19. The van der Waals surface area contributed by atoms with Crippen LogP contribution in [0.15, 0.2) is 47.4 Å². The van der Waals surface area contributed by atoms with Crippen molar-refractivity contribution in [2.24, 2.45) is 7.05 Å². The van der Waals surface area contributed by atoms with Gasteiger partial charge in [0.25, 0.3) is 0 Å². The average molecular weight is 372 g/mol. The molecule has 0 aliphatic carbocycles. The molecule has 0 unspecified atom stereocenters. The number of carbonyl (C=O) groups excluding carboxylic acids is 1. The number of nitrogens with one attached hydrogen (secondary N) is 2. The standard InChI is InChI=1S/C18H20N4O3S/c1-12-8-9-14(20-13(2)23)10-17(12)26(24,25)19-11-18-21-15-6-4-5-7-16(15)22(18)3/h4-10,19H,11H2,1-3H3,(H,20,23). The summed E-state index contributed by atoms with van der Waals surface area (Å²) in [6, 6.07) is 12.4. The summed E-state index contributed by atoms with van der Waals surface area (Å²) in [5, 5.41) is 2.60. The smallest absolute Gasteiger partial charge is 0.241 e. The molecule has 2 N–H and O–H groups in total. The molecule has 7 nitrogen and oxygen atoms in total. The third kappa shape index (κ3) is 3.61. The fourth-order valence-corrected chi connectivity index (χ4v) is 4.01. The number of sulfonamides is 1. The first kappa shape index (κ1) is 18.1. The van der Waals surface area contributed by atoms with E-state index in [4.69, 9.17) is 0 Å². The molecule has 1 heterocycles. The number of hydrogen-bond donors (Lipinski definition) is 2. The van der Waals surface area contributed by atoms with Crippen LogP contribution in [0.1, 0.15) is 18.3 Å². The van der Waals surface area contributed by atoms with Crippen LogP contribution in [0, 0.1) is 6.92 Å². The minimum atomic E-state index is -3.76. The molecular weight excluding hydrogens is 352 g/mol. The van der Waals surface area contributed by atoms with Crippen molar-refractivity contribution in [2.75, 3.05) is 5.32 Å². The number of amides is 1. The summed E-state index contributed by atoms with van der Waals surface area (Å²) in [5.41, 5.74) is 2.78. The van der Waals surface area contributed by atoms with Gasteiger partial charge >= 0.3 is 0 Å². The van der Waals surface area contributed by atoms with E-state index in [0.29, 0.717) is 17.1 Å². The maximum absolute atomic E-state index is 12.7. The van der Waals surface area contributed by atoms with Gasteiger partial charge in [-0.2, -0.15) is 0 Å². The van der Waals surface area contributed by atoms with Crippen LogP contribution in [-0.4, -0.2) is 23.9 Å². The van der Waals surface area contributed by atoms with Crippen LogP contribution in [0.25, 0.3) is 11.0 Å². The predicted octanol–water partition coefficient (Wildman–Crippen LogP) is 2.32. The lowest BCUT2D eigenvalue weighted by atomic mass is 10.2. The first-order valence-electron chi connectivity index (χ1n) is 8.06. The molecule has 0 saturated carbocycles. The molecule has 3 aromatic rings. The summed E-state index contributed by atoms with van der Waals surface area (Å²) >= 11 is 0. The lowest BCUT2D eigenvalue weighted by Gasteiger charge is -2.11. The highest BCUT2D eigenvalue weighted by molar-refractivity contribution is 7.89. The maximum Gasteiger partial charge on any atom is 0.241 e. The Morgan fingerprint density at radius 3 is 2.62 bits per heavy atom. The highest BCUT2D eigenvalue weighted by Crippen LogP contribution is 2.21. The van der Waals surface area contributed by atoms with E-state index < -0.39 is 10.0 Å². The van der Waals surface area contributed by atoms with E-state index in [9.17, 15) is 13.2 Å². The van der Waals surface area contributed by atoms with Gasteiger partial charge in [0.1, 0.15) is 5.82 Å². The zero-order chi connectivity index (χ0) is 18.9. The van der Waals surface area contributed by atoms with Crippen molar-refractivity contribution in [3.63, 3.8) is 0 Å². The lowest BCUT2D eigenvalue weighted by Crippen LogP contribution is -2.25. The number of fused-ring (bicyclic) bond motifs is 1. The minimum absolute atomic E-state index is 0.0668. The van der Waals surface area contributed by atoms with Crippen molar-refractivity contribution in [3.05, 3.63) is 53.9 Å². The van der Waals surface area contributed by atoms with E-state index in [1.807, 2.05) is 35.9 Å². The Morgan fingerprint density at radius 2 is 1.92 bits per heavy atom. The summed E-state index contributed by atoms with van der Waals surface area (Å²) in [6.07, 6.45) is 0. The van der Waals surface area contributed by atoms with Crippen molar-refractivity contribution >= 4 is 32.7 Å². The molecule has 1 aromatic heterocycles. The van der Waals surface area contributed by atoms with Crippen molar-refractivity contribution < 1.29 is 13.2 Å². The van der Waals surface area contributed by atoms with Gasteiger partial charge in [0, 0.05) is 19.7 Å². The summed E-state index contributed by atoms with van der Waals surface area (Å²) in [5.74, 6) is 0.357. The van der Waals surface area contributed by atoms with Crippen molar-refractivity contribution in [3.8, 4) is 0 Å². The molecule has 0 bridgehead atoms. The fourth-order valence-electron chi connectivity index (χ4n) is 2.76. The second-order valence-corrected chi connectivity index (χ2v) is 7.80. The molecule has 0 radical (unpaired) electrons. The van der Waals surface area contributed by atoms with Crippen molar-refractivity contribution in [2.45, 2.75) is 25.3 Å². The van der Waals surface area contributed by atoms with Crippen LogP contribution in [0.4, 0.5) is 5.69 Å². The molecule has 136 valence electrons. The summed E-state index contributed by atoms with van der Waals surface area (Å²) < 4.78 is 29.9. The number of anilines is 1. The third-order valence-electron chi connectivity index (χ3n) is 4.10. The minimum Gasteiger partial charge on any atom is -0.330 e. The van der Waals surface area contributed by atoms with E-state index in [0.717, 1.165) is 11.0 Å². The molecular formula is C18H20N4O3S. The number of imidazole rings is 1. The molecule has 8 heteroatoms. The number of para-hydroxylation sites is 2. The van der Waals surface area contributed by atoms with E-state index >= 15 is 0 Å². The Morgan fingerprint density at radius 1 is 1.19 bits per heavy atom. The number of aromatic nitrogens is 2. The number of aryl methyl sites for hydroxylation is 2. The van der Waals surface area contributed by atoms with Crippen molar-refractivity contribution in [1.29, 1.82) is 0 Å². The molecule has 26 heavy (non-hydrogen) atoms. The van der Waals surface area contributed by atoms with Crippen LogP contribution >= 0.6 is 0 Å². The lowest BCUT2D eigenvalue weighted by molar-refractivity contribution is -0.114. The maximum atomic E-state index is 12.7. The highest BCUT2D eigenvalue weighted by atomic mass is 32.2. The molecule has 0 atom stereocenters. The second-order valence-electron chi connectivity index (χ2n) is 6.06. The topological polar surface area (TPSA) is 93.1 Å². The number of rotatable bonds is 5. The van der Waals surface area contributed by atoms with Gasteiger partial charge in [-0.1, -0.05) is 18.2 Å². The molecule has 3 rings (SSSR count). The number of benzene rings is 2. The summed E-state index contributed by atoms with van der Waals surface area (Å²) in [7, 11) is -1.91. The monoisotopic (exact) mass is 372 g/mol. The van der Waals surface area contributed by atoms with Gasteiger partial charge in [-0.05, 0) is 36.8 Å². The number of carbonyl (C=O) groups is 1. The predicted molar refractivity (Wildman–Crippen MR) is 100 cm³/mol. The van der Waals surface area contributed by atoms with Gasteiger partial charge in [0.15, 0.2) is 0 Å². The van der Waals surface area contributed by atoms with Crippen LogP contribution in [-0.2, 0) is 28.4 Å². The quantitative estimate of drug-likeness (QED) is 0.719. The van der Waals surface area contributed by atoms with E-state index in [-0.39, 0.29) is 17.3 Å². The van der Waals surface area contributed by atoms with Crippen LogP contribution in [0.3, 0.4) is 0 Å². The molecule has 0 saturated heterocycles. The zero-order valence-corrected chi connectivity index (χ0v) is 15.6. The summed E-state index contributed by atoms with van der Waals surface area (Å²) in [6.45, 7) is 3.15. The normalized spacial score (nSPS) is 11.7. The third-order valence-corrected chi connectivity index (χ3v) is 5.64. The van der Waals surface area contributed by atoms with Gasteiger partial charge < -0.3 is 9.88 Å². The molecule has 0 fully saturated rings. The Kier molecular flexibility index (Phi) is 4.80. The SMILES string of the molecule is CC(=O)Nc1ccc(C)c(S(=O)(=O)NCc2nc3ccccc3n2C)c1. The van der Waals surface area contributed by atoms with Crippen molar-refractivity contribution in [1.82, 2.24) is 14.3 Å². The van der Waals surface area contributed by atoms with Crippen LogP contribution in [0.5, 0.6) is 0 Å². The van der Waals surface area contributed by atoms with Crippen LogP contribution < -0.4 is 10.0 Å². The fraction of sp³-hybridized carbons (Fsp3) is 0.222. The number of nitrogens with zero attached hydrogens (tertiary/aromatic N) is 2. The number of hydrogen-bond acceptors (Lipinski definition) is 4. The van der Waals surface area contributed by atoms with Gasteiger partial charge in [0.2, 0.25) is 15.9 Å². The average Bonchev–Trinajstić information content (AvgIpc) is 2.91. The van der Waals surface area contributed by atoms with Gasteiger partial charge in [-0.25, -0.2) is 18.1 Å². The Bertz CT molecular complexity index is 1090. The molecule has 0 aliphatic heterocycles. The van der Waals surface area contributed by atoms with E-state index in [1.54, 1.807) is 19.1 Å². The Balaban J connectivity index is 1.86. The molecule has 1 amide bonds. The van der Waals surface area contributed by atoms with Gasteiger partial charge in [-0.3, -0.25) is 4.79 Å². The molecule has 2 aromatic carbocycles. The summed E-state index contributed by atoms with van der Waals surface area (Å²) in [4.78, 5) is 15.8. The molecule has 0 aliphatic rings. The zero-order valence-electron chi connectivity index (χ0n) is 14.8. The second kappa shape index (κ2) is 6.89. The largest absolute Gasteiger partial charge is 0.330 e.